The molecule has 1 atom stereocenters. The summed E-state index contributed by atoms with van der Waals surface area (Å²) < 4.78 is 12.8. The van der Waals surface area contributed by atoms with Gasteiger partial charge in [0.15, 0.2) is 0 Å². The van der Waals surface area contributed by atoms with E-state index in [2.05, 4.69) is 147 Å². The summed E-state index contributed by atoms with van der Waals surface area (Å²) in [5.41, 5.74) is 17.1. The first-order valence-electron chi connectivity index (χ1n) is 17.3. The second-order valence-corrected chi connectivity index (χ2v) is 14.4. The summed E-state index contributed by atoms with van der Waals surface area (Å²) in [7, 11) is 0. The van der Waals surface area contributed by atoms with Crippen LogP contribution >= 0.6 is 0 Å². The Morgan fingerprint density at radius 1 is 0.592 bits per heavy atom. The first kappa shape index (κ1) is 27.1. The van der Waals surface area contributed by atoms with Crippen LogP contribution in [0.2, 0.25) is 0 Å². The molecule has 0 spiro atoms. The third-order valence-electron chi connectivity index (χ3n) is 11.3. The minimum Gasteiger partial charge on any atom is -0.485 e. The summed E-state index contributed by atoms with van der Waals surface area (Å²) in [6, 6.07) is 46.8. The third-order valence-corrected chi connectivity index (χ3v) is 11.3. The molecule has 11 rings (SSSR count). The number of furan rings is 1. The van der Waals surface area contributed by atoms with Crippen LogP contribution in [0.1, 0.15) is 48.6 Å². The van der Waals surface area contributed by atoms with Crippen molar-refractivity contribution >= 4 is 38.8 Å². The second kappa shape index (κ2) is 9.61. The SMILES string of the molecule is CC1(C)c2cc(-c3ccc4c(c3)-c3cccc5c3C(CC=C5)O4)ccc2-c2c1c(-c1ccc3oc4ccccc4c3c1)cc1ccccc21. The lowest BCUT2D eigenvalue weighted by Crippen LogP contribution is -2.17. The molecule has 2 aliphatic carbocycles. The summed E-state index contributed by atoms with van der Waals surface area (Å²) in [5, 5.41) is 4.88. The Bertz CT molecular complexity index is 2760. The Hall–Kier alpha value is -5.86. The highest BCUT2D eigenvalue weighted by Crippen LogP contribution is 2.56. The van der Waals surface area contributed by atoms with Gasteiger partial charge in [-0.15, -0.1) is 0 Å². The summed E-state index contributed by atoms with van der Waals surface area (Å²) in [6.45, 7) is 4.80. The van der Waals surface area contributed by atoms with Gasteiger partial charge in [-0.2, -0.15) is 0 Å². The first-order chi connectivity index (χ1) is 24.0. The number of hydrogen-bond acceptors (Lipinski definition) is 2. The molecule has 2 heteroatoms. The second-order valence-electron chi connectivity index (χ2n) is 14.4. The topological polar surface area (TPSA) is 22.4 Å². The molecule has 0 radical (unpaired) electrons. The number of fused-ring (bicyclic) bond motifs is 10. The zero-order chi connectivity index (χ0) is 32.4. The van der Waals surface area contributed by atoms with Gasteiger partial charge in [0, 0.05) is 33.7 Å². The van der Waals surface area contributed by atoms with Crippen LogP contribution in [0.3, 0.4) is 0 Å². The largest absolute Gasteiger partial charge is 0.485 e. The lowest BCUT2D eigenvalue weighted by atomic mass is 9.77. The van der Waals surface area contributed by atoms with Gasteiger partial charge < -0.3 is 9.15 Å². The lowest BCUT2D eigenvalue weighted by Gasteiger charge is -2.32. The fourth-order valence-corrected chi connectivity index (χ4v) is 9.03. The van der Waals surface area contributed by atoms with Gasteiger partial charge in [-0.3, -0.25) is 0 Å². The van der Waals surface area contributed by atoms with Gasteiger partial charge in [0.25, 0.3) is 0 Å². The fraction of sp³-hybridized carbons (Fsp3) is 0.106. The molecule has 1 unspecified atom stereocenters. The van der Waals surface area contributed by atoms with E-state index in [1.54, 1.807) is 0 Å². The molecule has 8 aromatic rings. The number of para-hydroxylation sites is 1. The van der Waals surface area contributed by atoms with E-state index in [0.29, 0.717) is 0 Å². The van der Waals surface area contributed by atoms with Crippen molar-refractivity contribution in [3.8, 4) is 50.3 Å². The molecule has 0 saturated heterocycles. The Kier molecular flexibility index (Phi) is 5.32. The van der Waals surface area contributed by atoms with E-state index >= 15 is 0 Å². The van der Waals surface area contributed by atoms with Crippen LogP contribution in [0.4, 0.5) is 0 Å². The average molecular weight is 629 g/mol. The van der Waals surface area contributed by atoms with E-state index in [-0.39, 0.29) is 11.5 Å². The molecular weight excluding hydrogens is 597 g/mol. The van der Waals surface area contributed by atoms with E-state index in [1.165, 1.54) is 77.5 Å². The average Bonchev–Trinajstić information content (AvgIpc) is 3.63. The molecule has 3 aliphatic rings. The molecule has 2 nitrogen and oxygen atoms in total. The van der Waals surface area contributed by atoms with Gasteiger partial charge in [0.2, 0.25) is 0 Å². The molecule has 0 saturated carbocycles. The minimum absolute atomic E-state index is 0.0887. The van der Waals surface area contributed by atoms with Crippen molar-refractivity contribution in [3.63, 3.8) is 0 Å². The highest BCUT2D eigenvalue weighted by molar-refractivity contribution is 6.10. The number of ether oxygens (including phenoxy) is 1. The Labute approximate surface area is 284 Å². The van der Waals surface area contributed by atoms with Gasteiger partial charge in [-0.1, -0.05) is 111 Å². The van der Waals surface area contributed by atoms with Crippen LogP contribution in [0, 0.1) is 0 Å². The summed E-state index contributed by atoms with van der Waals surface area (Å²) in [5.74, 6) is 0.973. The zero-order valence-corrected chi connectivity index (χ0v) is 27.4. The molecular formula is C47H32O2. The van der Waals surface area contributed by atoms with Gasteiger partial charge in [-0.25, -0.2) is 0 Å². The van der Waals surface area contributed by atoms with Crippen LogP contribution in [-0.4, -0.2) is 0 Å². The van der Waals surface area contributed by atoms with Crippen molar-refractivity contribution in [1.29, 1.82) is 0 Å². The van der Waals surface area contributed by atoms with Crippen LogP contribution in [0.5, 0.6) is 5.75 Å². The van der Waals surface area contributed by atoms with Crippen molar-refractivity contribution in [2.24, 2.45) is 0 Å². The first-order valence-corrected chi connectivity index (χ1v) is 17.3. The molecule has 232 valence electrons. The van der Waals surface area contributed by atoms with Crippen molar-refractivity contribution in [2.45, 2.75) is 31.8 Å². The molecule has 0 fully saturated rings. The molecule has 0 bridgehead atoms. The van der Waals surface area contributed by atoms with Crippen LogP contribution in [-0.2, 0) is 5.41 Å². The van der Waals surface area contributed by atoms with E-state index in [1.807, 2.05) is 6.07 Å². The van der Waals surface area contributed by atoms with Crippen molar-refractivity contribution < 1.29 is 9.15 Å². The summed E-state index contributed by atoms with van der Waals surface area (Å²) in [6.07, 6.45) is 5.47. The van der Waals surface area contributed by atoms with Crippen LogP contribution in [0.25, 0.3) is 83.3 Å². The highest BCUT2D eigenvalue weighted by Gasteiger charge is 2.39. The fourth-order valence-electron chi connectivity index (χ4n) is 9.03. The predicted molar refractivity (Wildman–Crippen MR) is 202 cm³/mol. The molecule has 7 aromatic carbocycles. The number of benzene rings is 7. The summed E-state index contributed by atoms with van der Waals surface area (Å²) in [4.78, 5) is 0. The standard InChI is InChI=1S/C47H32O2/c1-47(2)39-26-29(28-18-21-42-38(23-28)34-14-7-10-27-11-8-16-43(49-42)44(27)34)17-20-35(39)45-32-12-4-3-9-30(32)24-36(46(45)47)31-19-22-41-37(25-31)33-13-5-6-15-40(33)48-41/h3-15,17-26,43H,16H2,1-2H3. The quantitative estimate of drug-likeness (QED) is 0.190. The predicted octanol–water partition coefficient (Wildman–Crippen LogP) is 12.9. The zero-order valence-electron chi connectivity index (χ0n) is 27.4. The number of hydrogen-bond donors (Lipinski definition) is 0. The monoisotopic (exact) mass is 628 g/mol. The van der Waals surface area contributed by atoms with Crippen LogP contribution < -0.4 is 4.74 Å². The van der Waals surface area contributed by atoms with E-state index in [0.717, 1.165) is 34.1 Å². The Morgan fingerprint density at radius 3 is 2.33 bits per heavy atom. The summed E-state index contributed by atoms with van der Waals surface area (Å²) >= 11 is 0. The normalized spacial score (nSPS) is 16.3. The molecule has 2 heterocycles. The van der Waals surface area contributed by atoms with Crippen molar-refractivity contribution in [2.75, 3.05) is 0 Å². The maximum absolute atomic E-state index is 6.56. The van der Waals surface area contributed by atoms with Gasteiger partial charge in [0.05, 0.1) is 0 Å². The molecule has 49 heavy (non-hydrogen) atoms. The van der Waals surface area contributed by atoms with E-state index in [9.17, 15) is 0 Å². The molecule has 1 aromatic heterocycles. The van der Waals surface area contributed by atoms with E-state index in [4.69, 9.17) is 9.15 Å². The van der Waals surface area contributed by atoms with Gasteiger partial charge in [-0.05, 0) is 109 Å². The molecule has 0 N–H and O–H groups in total. The molecule has 0 amide bonds. The van der Waals surface area contributed by atoms with E-state index < -0.39 is 0 Å². The minimum atomic E-state index is -0.219. The van der Waals surface area contributed by atoms with Crippen LogP contribution in [0.15, 0.2) is 138 Å². The maximum Gasteiger partial charge on any atom is 0.135 e. The smallest absolute Gasteiger partial charge is 0.135 e. The molecule has 1 aliphatic heterocycles. The van der Waals surface area contributed by atoms with Crippen molar-refractivity contribution in [3.05, 3.63) is 156 Å². The van der Waals surface area contributed by atoms with Gasteiger partial charge in [0.1, 0.15) is 23.0 Å². The maximum atomic E-state index is 6.56. The Balaban J connectivity index is 1.09. The number of rotatable bonds is 2. The van der Waals surface area contributed by atoms with Gasteiger partial charge >= 0.3 is 0 Å². The Morgan fingerprint density at radius 2 is 1.39 bits per heavy atom. The third kappa shape index (κ3) is 3.72. The highest BCUT2D eigenvalue weighted by atomic mass is 16.5. The van der Waals surface area contributed by atoms with Crippen molar-refractivity contribution in [1.82, 2.24) is 0 Å². The lowest BCUT2D eigenvalue weighted by molar-refractivity contribution is 0.204.